The molecule has 2 N–H and O–H groups in total. The van der Waals surface area contributed by atoms with E-state index in [0.717, 1.165) is 42.6 Å². The molecule has 1 unspecified atom stereocenters. The number of rotatable bonds is 2. The van der Waals surface area contributed by atoms with E-state index in [-0.39, 0.29) is 6.10 Å². The standard InChI is InChI=1S/C9H14N2O/c1-2-3-6-9-7(11-10-6)4-5-8(9)12/h8,12H,2-5H2,1H3,(H,10,11). The van der Waals surface area contributed by atoms with Gasteiger partial charge in [0.25, 0.3) is 0 Å². The summed E-state index contributed by atoms with van der Waals surface area (Å²) >= 11 is 0. The second kappa shape index (κ2) is 2.90. The summed E-state index contributed by atoms with van der Waals surface area (Å²) < 4.78 is 0. The van der Waals surface area contributed by atoms with Crippen LogP contribution in [0.3, 0.4) is 0 Å². The van der Waals surface area contributed by atoms with Crippen LogP contribution < -0.4 is 0 Å². The summed E-state index contributed by atoms with van der Waals surface area (Å²) in [5.41, 5.74) is 3.29. The molecule has 1 atom stereocenters. The maximum Gasteiger partial charge on any atom is 0.0829 e. The normalized spacial score (nSPS) is 21.3. The van der Waals surface area contributed by atoms with Crippen LogP contribution in [-0.4, -0.2) is 15.3 Å². The monoisotopic (exact) mass is 166 g/mol. The van der Waals surface area contributed by atoms with Crippen molar-refractivity contribution in [2.24, 2.45) is 0 Å². The van der Waals surface area contributed by atoms with E-state index in [9.17, 15) is 5.11 Å². The fourth-order valence-corrected chi connectivity index (χ4v) is 1.87. The Morgan fingerprint density at radius 2 is 2.50 bits per heavy atom. The summed E-state index contributed by atoms with van der Waals surface area (Å²) in [6, 6.07) is 0. The van der Waals surface area contributed by atoms with E-state index < -0.39 is 0 Å². The molecule has 1 aromatic rings. The van der Waals surface area contributed by atoms with Gasteiger partial charge in [-0.2, -0.15) is 5.10 Å². The Balaban J connectivity index is 2.32. The van der Waals surface area contributed by atoms with Gasteiger partial charge in [0.1, 0.15) is 0 Å². The van der Waals surface area contributed by atoms with E-state index in [2.05, 4.69) is 17.1 Å². The summed E-state index contributed by atoms with van der Waals surface area (Å²) in [6.45, 7) is 2.13. The van der Waals surface area contributed by atoms with Crippen LogP contribution in [0.1, 0.15) is 42.8 Å². The van der Waals surface area contributed by atoms with Crippen molar-refractivity contribution >= 4 is 0 Å². The number of aliphatic hydroxyl groups is 1. The van der Waals surface area contributed by atoms with Gasteiger partial charge in [0.05, 0.1) is 11.8 Å². The zero-order chi connectivity index (χ0) is 8.55. The molecule has 12 heavy (non-hydrogen) atoms. The Morgan fingerprint density at radius 3 is 3.25 bits per heavy atom. The van der Waals surface area contributed by atoms with Crippen molar-refractivity contribution in [2.75, 3.05) is 0 Å². The lowest BCUT2D eigenvalue weighted by Gasteiger charge is -2.02. The Labute approximate surface area is 71.8 Å². The highest BCUT2D eigenvalue weighted by Crippen LogP contribution is 2.32. The first-order valence-electron chi connectivity index (χ1n) is 4.57. The zero-order valence-electron chi connectivity index (χ0n) is 7.30. The number of H-pyrrole nitrogens is 1. The van der Waals surface area contributed by atoms with Gasteiger partial charge in [0.15, 0.2) is 0 Å². The van der Waals surface area contributed by atoms with Crippen LogP contribution >= 0.6 is 0 Å². The van der Waals surface area contributed by atoms with Crippen molar-refractivity contribution in [1.29, 1.82) is 0 Å². The van der Waals surface area contributed by atoms with Gasteiger partial charge in [0, 0.05) is 11.3 Å². The molecule has 0 saturated carbocycles. The molecule has 3 heteroatoms. The second-order valence-electron chi connectivity index (χ2n) is 3.37. The van der Waals surface area contributed by atoms with Crippen LogP contribution in [0, 0.1) is 0 Å². The van der Waals surface area contributed by atoms with Crippen LogP contribution in [0.15, 0.2) is 0 Å². The van der Waals surface area contributed by atoms with Gasteiger partial charge < -0.3 is 5.11 Å². The molecule has 1 heterocycles. The SMILES string of the molecule is CCCc1n[nH]c2c1C(O)CC2. The third-order valence-electron chi connectivity index (χ3n) is 2.45. The number of nitrogens with one attached hydrogen (secondary N) is 1. The van der Waals surface area contributed by atoms with Gasteiger partial charge in [-0.1, -0.05) is 13.3 Å². The van der Waals surface area contributed by atoms with Crippen molar-refractivity contribution in [1.82, 2.24) is 10.2 Å². The van der Waals surface area contributed by atoms with Crippen LogP contribution in [0.25, 0.3) is 0 Å². The van der Waals surface area contributed by atoms with Crippen molar-refractivity contribution in [3.05, 3.63) is 17.0 Å². The number of aromatic nitrogens is 2. The number of aryl methyl sites for hydroxylation is 2. The largest absolute Gasteiger partial charge is 0.388 e. The third-order valence-corrected chi connectivity index (χ3v) is 2.45. The highest BCUT2D eigenvalue weighted by atomic mass is 16.3. The Kier molecular flexibility index (Phi) is 1.89. The first-order valence-corrected chi connectivity index (χ1v) is 4.57. The van der Waals surface area contributed by atoms with Crippen LogP contribution in [0.2, 0.25) is 0 Å². The molecule has 0 radical (unpaired) electrons. The Hall–Kier alpha value is -0.830. The lowest BCUT2D eigenvalue weighted by molar-refractivity contribution is 0.178. The van der Waals surface area contributed by atoms with Crippen molar-refractivity contribution in [2.45, 2.75) is 38.7 Å². The van der Waals surface area contributed by atoms with E-state index in [1.807, 2.05) is 0 Å². The van der Waals surface area contributed by atoms with E-state index in [0.29, 0.717) is 0 Å². The fraction of sp³-hybridized carbons (Fsp3) is 0.667. The molecule has 0 aliphatic heterocycles. The Morgan fingerprint density at radius 1 is 1.67 bits per heavy atom. The molecule has 0 fully saturated rings. The molecular weight excluding hydrogens is 152 g/mol. The van der Waals surface area contributed by atoms with Crippen LogP contribution in [0.4, 0.5) is 0 Å². The average molecular weight is 166 g/mol. The molecular formula is C9H14N2O. The summed E-state index contributed by atoms with van der Waals surface area (Å²) in [4.78, 5) is 0. The number of aromatic amines is 1. The molecule has 0 bridgehead atoms. The second-order valence-corrected chi connectivity index (χ2v) is 3.37. The smallest absolute Gasteiger partial charge is 0.0829 e. The lowest BCUT2D eigenvalue weighted by atomic mass is 10.1. The minimum absolute atomic E-state index is 0.264. The van der Waals surface area contributed by atoms with Gasteiger partial charge in [-0.25, -0.2) is 0 Å². The first kappa shape index (κ1) is 7.80. The van der Waals surface area contributed by atoms with E-state index in [4.69, 9.17) is 0 Å². The van der Waals surface area contributed by atoms with Crippen molar-refractivity contribution < 1.29 is 5.11 Å². The predicted octanol–water partition coefficient (Wildman–Crippen LogP) is 1.34. The molecule has 1 aromatic heterocycles. The quantitative estimate of drug-likeness (QED) is 0.696. The topological polar surface area (TPSA) is 48.9 Å². The molecule has 2 rings (SSSR count). The summed E-state index contributed by atoms with van der Waals surface area (Å²) in [7, 11) is 0. The highest BCUT2D eigenvalue weighted by Gasteiger charge is 2.25. The number of aliphatic hydroxyl groups excluding tert-OH is 1. The molecule has 3 nitrogen and oxygen atoms in total. The molecule has 66 valence electrons. The van der Waals surface area contributed by atoms with Gasteiger partial charge in [0.2, 0.25) is 0 Å². The van der Waals surface area contributed by atoms with Crippen molar-refractivity contribution in [3.63, 3.8) is 0 Å². The molecule has 0 aromatic carbocycles. The van der Waals surface area contributed by atoms with Crippen LogP contribution in [-0.2, 0) is 12.8 Å². The van der Waals surface area contributed by atoms with E-state index in [1.165, 1.54) is 0 Å². The molecule has 0 saturated heterocycles. The minimum Gasteiger partial charge on any atom is -0.388 e. The summed E-state index contributed by atoms with van der Waals surface area (Å²) in [6.07, 6.45) is 3.61. The van der Waals surface area contributed by atoms with Crippen molar-refractivity contribution in [3.8, 4) is 0 Å². The fourth-order valence-electron chi connectivity index (χ4n) is 1.87. The minimum atomic E-state index is -0.264. The molecule has 0 spiro atoms. The van der Waals surface area contributed by atoms with Gasteiger partial charge >= 0.3 is 0 Å². The van der Waals surface area contributed by atoms with Gasteiger partial charge in [-0.05, 0) is 19.3 Å². The molecule has 1 aliphatic rings. The maximum absolute atomic E-state index is 9.62. The lowest BCUT2D eigenvalue weighted by Crippen LogP contribution is -1.95. The van der Waals surface area contributed by atoms with Gasteiger partial charge in [-0.15, -0.1) is 0 Å². The third kappa shape index (κ3) is 1.05. The van der Waals surface area contributed by atoms with E-state index in [1.54, 1.807) is 0 Å². The number of hydrogen-bond acceptors (Lipinski definition) is 2. The molecule has 1 aliphatic carbocycles. The average Bonchev–Trinajstić information content (AvgIpc) is 2.58. The highest BCUT2D eigenvalue weighted by molar-refractivity contribution is 5.31. The summed E-state index contributed by atoms with van der Waals surface area (Å²) in [5, 5.41) is 16.8. The first-order chi connectivity index (χ1) is 5.83. The summed E-state index contributed by atoms with van der Waals surface area (Å²) in [5.74, 6) is 0. The molecule has 0 amide bonds. The van der Waals surface area contributed by atoms with Gasteiger partial charge in [-0.3, -0.25) is 5.10 Å². The number of hydrogen-bond donors (Lipinski definition) is 2. The number of nitrogens with zero attached hydrogens (tertiary/aromatic N) is 1. The van der Waals surface area contributed by atoms with E-state index >= 15 is 0 Å². The van der Waals surface area contributed by atoms with Crippen LogP contribution in [0.5, 0.6) is 0 Å². The maximum atomic E-state index is 9.62. The predicted molar refractivity (Wildman–Crippen MR) is 45.9 cm³/mol. The Bertz CT molecular complexity index is 280. The number of fused-ring (bicyclic) bond motifs is 1. The zero-order valence-corrected chi connectivity index (χ0v) is 7.30.